The zero-order valence-corrected chi connectivity index (χ0v) is 16.2. The largest absolute Gasteiger partial charge is 0.463 e. The van der Waals surface area contributed by atoms with E-state index in [-0.39, 0.29) is 30.9 Å². The zero-order valence-electron chi connectivity index (χ0n) is 16.2. The third-order valence-corrected chi connectivity index (χ3v) is 4.61. The summed E-state index contributed by atoms with van der Waals surface area (Å²) >= 11 is 0. The smallest absolute Gasteiger partial charge is 0.305 e. The van der Waals surface area contributed by atoms with Crippen molar-refractivity contribution in [1.82, 2.24) is 19.5 Å². The summed E-state index contributed by atoms with van der Waals surface area (Å²) in [7, 11) is 1.71. The molecule has 0 aliphatic carbocycles. The molecule has 3 heterocycles. The molecule has 0 spiro atoms. The Labute approximate surface area is 161 Å². The first-order chi connectivity index (χ1) is 13.3. The van der Waals surface area contributed by atoms with Crippen molar-refractivity contribution in [1.29, 1.82) is 0 Å². The van der Waals surface area contributed by atoms with Crippen molar-refractivity contribution in [2.75, 3.05) is 24.7 Å². The van der Waals surface area contributed by atoms with Gasteiger partial charge in [0.1, 0.15) is 25.0 Å². The summed E-state index contributed by atoms with van der Waals surface area (Å²) in [6.45, 7) is 4.89. The molecule has 0 bridgehead atoms. The molecule has 28 heavy (non-hydrogen) atoms. The fourth-order valence-electron chi connectivity index (χ4n) is 3.25. The van der Waals surface area contributed by atoms with Crippen molar-refractivity contribution in [3.05, 3.63) is 6.33 Å². The van der Waals surface area contributed by atoms with E-state index >= 15 is 0 Å². The van der Waals surface area contributed by atoms with Crippen molar-refractivity contribution in [2.45, 2.75) is 45.6 Å². The molecule has 11 nitrogen and oxygen atoms in total. The maximum atomic E-state index is 11.9. The minimum absolute atomic E-state index is 0.0245. The molecule has 2 aromatic rings. The summed E-state index contributed by atoms with van der Waals surface area (Å²) in [6, 6.07) is 0. The molecule has 0 amide bonds. The van der Waals surface area contributed by atoms with Gasteiger partial charge >= 0.3 is 11.9 Å². The molecule has 0 saturated carbocycles. The number of nitrogen functional groups attached to an aromatic ring is 1. The van der Waals surface area contributed by atoms with Crippen LogP contribution in [0.1, 0.15) is 33.4 Å². The van der Waals surface area contributed by atoms with Crippen LogP contribution >= 0.6 is 0 Å². The molecular weight excluding hydrogens is 368 g/mol. The lowest BCUT2D eigenvalue weighted by atomic mass is 10.0. The highest BCUT2D eigenvalue weighted by Gasteiger charge is 2.46. The Hall–Kier alpha value is -2.95. The highest BCUT2D eigenvalue weighted by Crippen LogP contribution is 2.38. The number of esters is 2. The molecule has 2 aromatic heterocycles. The molecule has 152 valence electrons. The first-order valence-electron chi connectivity index (χ1n) is 9.01. The number of hydrogen-bond donors (Lipinski definition) is 2. The fraction of sp³-hybridized carbons (Fsp3) is 0.588. The molecule has 4 atom stereocenters. The average Bonchev–Trinajstić information content (AvgIpc) is 3.20. The van der Waals surface area contributed by atoms with Gasteiger partial charge in [-0.3, -0.25) is 14.2 Å². The fourth-order valence-corrected chi connectivity index (χ4v) is 3.25. The summed E-state index contributed by atoms with van der Waals surface area (Å²) in [6.07, 6.45) is 0.0711. The van der Waals surface area contributed by atoms with Crippen LogP contribution in [0.15, 0.2) is 6.33 Å². The maximum absolute atomic E-state index is 11.9. The SMILES string of the molecule is CCC(=O)OC1[C@@H](COC(C)=O)O[C@@H](n2cnc3c(NC)nc(N)nc32)[C@H]1C. The zero-order chi connectivity index (χ0) is 20.4. The summed E-state index contributed by atoms with van der Waals surface area (Å²) in [4.78, 5) is 35.9. The topological polar surface area (TPSA) is 143 Å². The Morgan fingerprint density at radius 1 is 1.39 bits per heavy atom. The van der Waals surface area contributed by atoms with Crippen molar-refractivity contribution in [3.8, 4) is 0 Å². The normalized spacial score (nSPS) is 24.3. The minimum Gasteiger partial charge on any atom is -0.463 e. The van der Waals surface area contributed by atoms with Crippen LogP contribution in [0.5, 0.6) is 0 Å². The van der Waals surface area contributed by atoms with Gasteiger partial charge in [-0.05, 0) is 0 Å². The lowest BCUT2D eigenvalue weighted by molar-refractivity contribution is -0.157. The van der Waals surface area contributed by atoms with Gasteiger partial charge in [0.05, 0.1) is 6.33 Å². The highest BCUT2D eigenvalue weighted by molar-refractivity contribution is 5.84. The van der Waals surface area contributed by atoms with Crippen LogP contribution in [0.25, 0.3) is 11.2 Å². The second-order valence-corrected chi connectivity index (χ2v) is 6.54. The second kappa shape index (κ2) is 7.97. The molecule has 1 unspecified atom stereocenters. The maximum Gasteiger partial charge on any atom is 0.305 e. The van der Waals surface area contributed by atoms with Gasteiger partial charge in [0.2, 0.25) is 5.95 Å². The first kappa shape index (κ1) is 19.8. The van der Waals surface area contributed by atoms with Crippen LogP contribution in [0.4, 0.5) is 11.8 Å². The van der Waals surface area contributed by atoms with Gasteiger partial charge in [-0.2, -0.15) is 9.97 Å². The quantitative estimate of drug-likeness (QED) is 0.679. The van der Waals surface area contributed by atoms with Crippen LogP contribution in [-0.2, 0) is 23.8 Å². The second-order valence-electron chi connectivity index (χ2n) is 6.54. The summed E-state index contributed by atoms with van der Waals surface area (Å²) in [5.41, 5.74) is 6.84. The van der Waals surface area contributed by atoms with E-state index in [1.54, 1.807) is 24.9 Å². The van der Waals surface area contributed by atoms with E-state index in [1.165, 1.54) is 6.92 Å². The number of imidazole rings is 1. The van der Waals surface area contributed by atoms with Gasteiger partial charge in [0.25, 0.3) is 0 Å². The van der Waals surface area contributed by atoms with E-state index in [0.717, 1.165) is 0 Å². The summed E-state index contributed by atoms with van der Waals surface area (Å²) in [5, 5.41) is 2.94. The van der Waals surface area contributed by atoms with Crippen LogP contribution in [-0.4, -0.2) is 57.3 Å². The minimum atomic E-state index is -0.611. The molecule has 3 rings (SSSR count). The number of rotatable bonds is 6. The standard InChI is InChI=1S/C17H24N6O5/c1-5-11(25)28-13-8(2)16(27-10(13)6-26-9(3)24)23-7-20-12-14(19-4)21-17(18)22-15(12)23/h7-8,10,13,16H,5-6H2,1-4H3,(H3,18,19,21,22)/t8-,10+,13?,16+/m0/s1. The Balaban J connectivity index is 1.95. The molecule has 11 heteroatoms. The number of hydrogen-bond acceptors (Lipinski definition) is 10. The van der Waals surface area contributed by atoms with E-state index < -0.39 is 24.4 Å². The van der Waals surface area contributed by atoms with E-state index in [9.17, 15) is 9.59 Å². The van der Waals surface area contributed by atoms with Gasteiger partial charge in [-0.1, -0.05) is 13.8 Å². The predicted octanol–water partition coefficient (Wildman–Crippen LogP) is 0.869. The molecule has 0 radical (unpaired) electrons. The number of carbonyl (C=O) groups excluding carboxylic acids is 2. The lowest BCUT2D eigenvalue weighted by Crippen LogP contribution is -2.34. The van der Waals surface area contributed by atoms with E-state index in [1.807, 2.05) is 6.92 Å². The Morgan fingerprint density at radius 3 is 2.79 bits per heavy atom. The third kappa shape index (κ3) is 3.70. The van der Waals surface area contributed by atoms with Gasteiger partial charge in [0.15, 0.2) is 17.0 Å². The predicted molar refractivity (Wildman–Crippen MR) is 99.2 cm³/mol. The van der Waals surface area contributed by atoms with Gasteiger partial charge in [-0.15, -0.1) is 0 Å². The summed E-state index contributed by atoms with van der Waals surface area (Å²) in [5.74, 6) is -0.448. The number of carbonyl (C=O) groups is 2. The highest BCUT2D eigenvalue weighted by atomic mass is 16.6. The van der Waals surface area contributed by atoms with Crippen molar-refractivity contribution in [2.24, 2.45) is 5.92 Å². The van der Waals surface area contributed by atoms with E-state index in [2.05, 4.69) is 20.3 Å². The van der Waals surface area contributed by atoms with Crippen LogP contribution < -0.4 is 11.1 Å². The average molecular weight is 392 g/mol. The number of aromatic nitrogens is 4. The molecule has 0 aromatic carbocycles. The van der Waals surface area contributed by atoms with Gasteiger partial charge in [0, 0.05) is 26.3 Å². The molecule has 1 aliphatic heterocycles. The monoisotopic (exact) mass is 392 g/mol. The van der Waals surface area contributed by atoms with Crippen molar-refractivity contribution in [3.63, 3.8) is 0 Å². The molecular formula is C17H24N6O5. The van der Waals surface area contributed by atoms with Gasteiger partial charge in [-0.25, -0.2) is 4.98 Å². The molecule has 1 fully saturated rings. The lowest BCUT2D eigenvalue weighted by Gasteiger charge is -2.21. The molecule has 1 aliphatic rings. The summed E-state index contributed by atoms with van der Waals surface area (Å²) < 4.78 is 18.5. The molecule has 3 N–H and O–H groups in total. The van der Waals surface area contributed by atoms with Gasteiger partial charge < -0.3 is 25.3 Å². The van der Waals surface area contributed by atoms with Crippen LogP contribution in [0.2, 0.25) is 0 Å². The number of ether oxygens (including phenoxy) is 3. The Kier molecular flexibility index (Phi) is 5.63. The van der Waals surface area contributed by atoms with Crippen LogP contribution in [0.3, 0.4) is 0 Å². The van der Waals surface area contributed by atoms with Crippen LogP contribution in [0, 0.1) is 5.92 Å². The molecule has 1 saturated heterocycles. The Bertz CT molecular complexity index is 884. The van der Waals surface area contributed by atoms with E-state index in [4.69, 9.17) is 19.9 Å². The number of nitrogens with two attached hydrogens (primary N) is 1. The van der Waals surface area contributed by atoms with Crippen molar-refractivity contribution < 1.29 is 23.8 Å². The first-order valence-corrected chi connectivity index (χ1v) is 9.01. The number of nitrogens with zero attached hydrogens (tertiary/aromatic N) is 4. The van der Waals surface area contributed by atoms with E-state index in [0.29, 0.717) is 17.0 Å². The number of fused-ring (bicyclic) bond motifs is 1. The number of anilines is 2. The van der Waals surface area contributed by atoms with Crippen molar-refractivity contribution >= 4 is 34.9 Å². The Morgan fingerprint density at radius 2 is 2.14 bits per heavy atom. The number of nitrogens with one attached hydrogen (secondary N) is 1. The third-order valence-electron chi connectivity index (χ3n) is 4.61.